The predicted molar refractivity (Wildman–Crippen MR) is 53.7 cm³/mol. The van der Waals surface area contributed by atoms with E-state index in [1.165, 1.54) is 12.3 Å². The van der Waals surface area contributed by atoms with Crippen LogP contribution in [-0.4, -0.2) is 17.6 Å². The highest BCUT2D eigenvalue weighted by Crippen LogP contribution is 2.18. The van der Waals surface area contributed by atoms with Gasteiger partial charge in [0.2, 0.25) is 0 Å². The van der Waals surface area contributed by atoms with Crippen LogP contribution in [0.1, 0.15) is 23.0 Å². The van der Waals surface area contributed by atoms with Crippen molar-refractivity contribution in [2.45, 2.75) is 13.8 Å². The van der Waals surface area contributed by atoms with Crippen LogP contribution < -0.4 is 0 Å². The lowest BCUT2D eigenvalue weighted by Crippen LogP contribution is -2.05. The van der Waals surface area contributed by atoms with Gasteiger partial charge in [-0.15, -0.1) is 0 Å². The van der Waals surface area contributed by atoms with Crippen LogP contribution in [0.25, 0.3) is 10.4 Å². The van der Waals surface area contributed by atoms with E-state index in [1.807, 2.05) is 0 Å². The number of hydrogen-bond donors (Lipinski definition) is 0. The number of nitrogens with zero attached hydrogens (tertiary/aromatic N) is 4. The van der Waals surface area contributed by atoms with E-state index in [0.29, 0.717) is 18.0 Å². The molecule has 0 saturated carbocycles. The third kappa shape index (κ3) is 2.69. The zero-order chi connectivity index (χ0) is 11.3. The second-order valence-electron chi connectivity index (χ2n) is 2.74. The zero-order valence-corrected chi connectivity index (χ0v) is 8.47. The maximum absolute atomic E-state index is 11.3. The molecule has 0 saturated heterocycles. The molecule has 1 heterocycles. The average molecular weight is 206 g/mol. The summed E-state index contributed by atoms with van der Waals surface area (Å²) in [5.74, 6) is -0.473. The number of rotatable bonds is 3. The highest BCUT2D eigenvalue weighted by atomic mass is 16.5. The van der Waals surface area contributed by atoms with Crippen molar-refractivity contribution in [2.75, 3.05) is 6.61 Å². The molecule has 0 amide bonds. The molecule has 15 heavy (non-hydrogen) atoms. The van der Waals surface area contributed by atoms with Gasteiger partial charge in [-0.25, -0.2) is 4.79 Å². The highest BCUT2D eigenvalue weighted by Gasteiger charge is 2.08. The summed E-state index contributed by atoms with van der Waals surface area (Å²) in [5, 5.41) is 3.42. The Morgan fingerprint density at radius 1 is 1.73 bits per heavy atom. The van der Waals surface area contributed by atoms with Gasteiger partial charge in [-0.3, -0.25) is 4.98 Å². The van der Waals surface area contributed by atoms with Gasteiger partial charge < -0.3 is 4.74 Å². The molecule has 78 valence electrons. The van der Waals surface area contributed by atoms with Crippen LogP contribution in [0, 0.1) is 6.92 Å². The van der Waals surface area contributed by atoms with Gasteiger partial charge in [0.15, 0.2) is 0 Å². The predicted octanol–water partition coefficient (Wildman–Crippen LogP) is 2.51. The molecule has 0 aliphatic carbocycles. The van der Waals surface area contributed by atoms with Crippen LogP contribution in [0.5, 0.6) is 0 Å². The number of aryl methyl sites for hydroxylation is 1. The SMILES string of the molecule is CCOC(=O)c1cnc(C)c(N=[N+]=[N-])c1. The molecule has 0 fully saturated rings. The topological polar surface area (TPSA) is 88.0 Å². The fraction of sp³-hybridized carbons (Fsp3) is 0.333. The van der Waals surface area contributed by atoms with Crippen molar-refractivity contribution in [3.05, 3.63) is 34.0 Å². The van der Waals surface area contributed by atoms with Crippen molar-refractivity contribution >= 4 is 11.7 Å². The molecule has 0 unspecified atom stereocenters. The Hall–Kier alpha value is -2.07. The van der Waals surface area contributed by atoms with E-state index >= 15 is 0 Å². The number of aromatic nitrogens is 1. The molecule has 0 aliphatic heterocycles. The number of carbonyl (C=O) groups excluding carboxylic acids is 1. The Morgan fingerprint density at radius 3 is 3.07 bits per heavy atom. The normalized spacial score (nSPS) is 9.20. The van der Waals surface area contributed by atoms with Crippen LogP contribution in [0.15, 0.2) is 17.4 Å². The average Bonchev–Trinajstić information content (AvgIpc) is 2.22. The van der Waals surface area contributed by atoms with Crippen molar-refractivity contribution in [2.24, 2.45) is 5.11 Å². The molecule has 6 nitrogen and oxygen atoms in total. The van der Waals surface area contributed by atoms with Gasteiger partial charge in [0, 0.05) is 16.8 Å². The number of esters is 1. The van der Waals surface area contributed by atoms with Crippen LogP contribution in [0.3, 0.4) is 0 Å². The van der Waals surface area contributed by atoms with E-state index in [2.05, 4.69) is 15.0 Å². The third-order valence-electron chi connectivity index (χ3n) is 1.72. The first kappa shape index (κ1) is 11.0. The fourth-order valence-corrected chi connectivity index (χ4v) is 0.997. The van der Waals surface area contributed by atoms with Gasteiger partial charge in [-0.2, -0.15) is 0 Å². The van der Waals surface area contributed by atoms with Crippen LogP contribution >= 0.6 is 0 Å². The van der Waals surface area contributed by atoms with E-state index in [9.17, 15) is 4.79 Å². The molecule has 0 radical (unpaired) electrons. The summed E-state index contributed by atoms with van der Waals surface area (Å²) >= 11 is 0. The summed E-state index contributed by atoms with van der Waals surface area (Å²) in [4.78, 5) is 17.9. The van der Waals surface area contributed by atoms with Crippen molar-refractivity contribution < 1.29 is 9.53 Å². The minimum absolute atomic E-state index is 0.282. The molecule has 0 N–H and O–H groups in total. The van der Waals surface area contributed by atoms with Gasteiger partial charge in [0.05, 0.1) is 17.9 Å². The van der Waals surface area contributed by atoms with Crippen molar-refractivity contribution in [3.8, 4) is 0 Å². The Morgan fingerprint density at radius 2 is 2.47 bits per heavy atom. The Bertz CT molecular complexity index is 424. The van der Waals surface area contributed by atoms with Gasteiger partial charge in [0.25, 0.3) is 0 Å². The molecule has 0 bridgehead atoms. The minimum Gasteiger partial charge on any atom is -0.462 e. The molecular weight excluding hydrogens is 196 g/mol. The van der Waals surface area contributed by atoms with Crippen LogP contribution in [-0.2, 0) is 4.74 Å². The van der Waals surface area contributed by atoms with Gasteiger partial charge in [-0.05, 0) is 25.4 Å². The van der Waals surface area contributed by atoms with Gasteiger partial charge in [-0.1, -0.05) is 5.11 Å². The monoisotopic (exact) mass is 206 g/mol. The molecule has 0 aromatic carbocycles. The number of ether oxygens (including phenoxy) is 1. The first-order valence-electron chi connectivity index (χ1n) is 4.38. The molecule has 0 atom stereocenters. The molecule has 0 aliphatic rings. The first-order chi connectivity index (χ1) is 7.19. The number of carbonyl (C=O) groups is 1. The Balaban J connectivity index is 3.07. The first-order valence-corrected chi connectivity index (χ1v) is 4.38. The van der Waals surface area contributed by atoms with Crippen LogP contribution in [0.2, 0.25) is 0 Å². The van der Waals surface area contributed by atoms with E-state index in [4.69, 9.17) is 10.3 Å². The van der Waals surface area contributed by atoms with Gasteiger partial charge >= 0.3 is 5.97 Å². The molecular formula is C9H10N4O2. The lowest BCUT2D eigenvalue weighted by atomic mass is 10.2. The number of hydrogen-bond acceptors (Lipinski definition) is 4. The molecule has 1 aromatic rings. The van der Waals surface area contributed by atoms with Crippen LogP contribution in [0.4, 0.5) is 5.69 Å². The summed E-state index contributed by atoms with van der Waals surface area (Å²) in [6.07, 6.45) is 1.39. The number of pyridine rings is 1. The zero-order valence-electron chi connectivity index (χ0n) is 8.47. The molecule has 6 heteroatoms. The quantitative estimate of drug-likeness (QED) is 0.329. The van der Waals surface area contributed by atoms with E-state index in [0.717, 1.165) is 0 Å². The second kappa shape index (κ2) is 4.97. The van der Waals surface area contributed by atoms with E-state index < -0.39 is 5.97 Å². The summed E-state index contributed by atoms with van der Waals surface area (Å²) in [7, 11) is 0. The maximum atomic E-state index is 11.3. The summed E-state index contributed by atoms with van der Waals surface area (Å²) in [5.41, 5.74) is 9.48. The lowest BCUT2D eigenvalue weighted by molar-refractivity contribution is 0.0526. The Kier molecular flexibility index (Phi) is 3.65. The fourth-order valence-electron chi connectivity index (χ4n) is 0.997. The van der Waals surface area contributed by atoms with Crippen molar-refractivity contribution in [3.63, 3.8) is 0 Å². The second-order valence-corrected chi connectivity index (χ2v) is 2.74. The highest BCUT2D eigenvalue weighted by molar-refractivity contribution is 5.90. The van der Waals surface area contributed by atoms with Gasteiger partial charge in [0.1, 0.15) is 0 Å². The smallest absolute Gasteiger partial charge is 0.339 e. The molecule has 1 aromatic heterocycles. The summed E-state index contributed by atoms with van der Waals surface area (Å²) < 4.78 is 4.79. The summed E-state index contributed by atoms with van der Waals surface area (Å²) in [6, 6.07) is 1.46. The summed E-state index contributed by atoms with van der Waals surface area (Å²) in [6.45, 7) is 3.70. The minimum atomic E-state index is -0.473. The van der Waals surface area contributed by atoms with E-state index in [-0.39, 0.29) is 5.56 Å². The van der Waals surface area contributed by atoms with Crippen molar-refractivity contribution in [1.29, 1.82) is 0 Å². The largest absolute Gasteiger partial charge is 0.462 e. The molecule has 0 spiro atoms. The number of azide groups is 1. The van der Waals surface area contributed by atoms with Crippen molar-refractivity contribution in [1.82, 2.24) is 4.98 Å². The lowest BCUT2D eigenvalue weighted by Gasteiger charge is -2.03. The molecule has 1 rings (SSSR count). The third-order valence-corrected chi connectivity index (χ3v) is 1.72. The maximum Gasteiger partial charge on any atom is 0.339 e. The van der Waals surface area contributed by atoms with E-state index in [1.54, 1.807) is 13.8 Å². The Labute approximate surface area is 86.5 Å². The standard InChI is InChI=1S/C9H10N4O2/c1-3-15-9(14)7-4-8(12-13-10)6(2)11-5-7/h4-5H,3H2,1-2H3.